The fourth-order valence-electron chi connectivity index (χ4n) is 2.70. The van der Waals surface area contributed by atoms with Gasteiger partial charge in [-0.25, -0.2) is 8.78 Å². The van der Waals surface area contributed by atoms with Crippen molar-refractivity contribution in [3.63, 3.8) is 0 Å². The van der Waals surface area contributed by atoms with Crippen molar-refractivity contribution in [3.8, 4) is 0 Å². The standard InChI is InChI=1S/C14H19F2N/c1-9-6-11(13(16)8-12(9)15)14(17)7-10-4-2-3-5-10/h6,8,10,14H,2-5,7,17H2,1H3. The molecule has 0 heterocycles. The van der Waals surface area contributed by atoms with Gasteiger partial charge in [0.1, 0.15) is 11.6 Å². The van der Waals surface area contributed by atoms with Crippen molar-refractivity contribution in [3.05, 3.63) is 34.9 Å². The Morgan fingerprint density at radius 1 is 1.24 bits per heavy atom. The first-order chi connectivity index (χ1) is 8.08. The van der Waals surface area contributed by atoms with Crippen LogP contribution in [0.2, 0.25) is 0 Å². The highest BCUT2D eigenvalue weighted by Crippen LogP contribution is 2.33. The van der Waals surface area contributed by atoms with E-state index in [9.17, 15) is 8.78 Å². The Balaban J connectivity index is 2.12. The summed E-state index contributed by atoms with van der Waals surface area (Å²) in [5.41, 5.74) is 6.95. The topological polar surface area (TPSA) is 26.0 Å². The average Bonchev–Trinajstić information content (AvgIpc) is 2.76. The van der Waals surface area contributed by atoms with Crippen molar-refractivity contribution in [1.82, 2.24) is 0 Å². The molecule has 1 fully saturated rings. The maximum absolute atomic E-state index is 13.6. The van der Waals surface area contributed by atoms with Crippen LogP contribution in [0.15, 0.2) is 12.1 Å². The van der Waals surface area contributed by atoms with Crippen molar-refractivity contribution in [1.29, 1.82) is 0 Å². The van der Waals surface area contributed by atoms with Crippen molar-refractivity contribution in [2.75, 3.05) is 0 Å². The molecule has 1 nitrogen and oxygen atoms in total. The summed E-state index contributed by atoms with van der Waals surface area (Å²) in [5, 5.41) is 0. The largest absolute Gasteiger partial charge is 0.324 e. The van der Waals surface area contributed by atoms with Crippen LogP contribution in [0.3, 0.4) is 0 Å². The second-order valence-electron chi connectivity index (χ2n) is 5.12. The fourth-order valence-corrected chi connectivity index (χ4v) is 2.70. The predicted molar refractivity (Wildman–Crippen MR) is 64.6 cm³/mol. The maximum atomic E-state index is 13.6. The van der Waals surface area contributed by atoms with Crippen LogP contribution < -0.4 is 5.73 Å². The second kappa shape index (κ2) is 5.13. The minimum Gasteiger partial charge on any atom is -0.324 e. The summed E-state index contributed by atoms with van der Waals surface area (Å²) in [6.45, 7) is 1.64. The normalized spacial score (nSPS) is 18.6. The number of nitrogens with two attached hydrogens (primary N) is 1. The molecule has 17 heavy (non-hydrogen) atoms. The number of aryl methyl sites for hydroxylation is 1. The van der Waals surface area contributed by atoms with Gasteiger partial charge in [-0.15, -0.1) is 0 Å². The zero-order valence-corrected chi connectivity index (χ0v) is 10.2. The summed E-state index contributed by atoms with van der Waals surface area (Å²) in [5.74, 6) is -0.410. The van der Waals surface area contributed by atoms with Crippen LogP contribution in [0.1, 0.15) is 49.3 Å². The van der Waals surface area contributed by atoms with E-state index in [0.29, 0.717) is 17.0 Å². The summed E-state index contributed by atoms with van der Waals surface area (Å²) >= 11 is 0. The van der Waals surface area contributed by atoms with Gasteiger partial charge in [-0.3, -0.25) is 0 Å². The quantitative estimate of drug-likeness (QED) is 0.851. The van der Waals surface area contributed by atoms with E-state index >= 15 is 0 Å². The molecule has 2 N–H and O–H groups in total. The molecule has 1 aromatic carbocycles. The summed E-state index contributed by atoms with van der Waals surface area (Å²) in [6.07, 6.45) is 5.69. The van der Waals surface area contributed by atoms with Crippen LogP contribution in [0.4, 0.5) is 8.78 Å². The molecule has 0 radical (unpaired) electrons. The number of benzene rings is 1. The Morgan fingerprint density at radius 2 is 1.88 bits per heavy atom. The van der Waals surface area contributed by atoms with E-state index in [0.717, 1.165) is 12.5 Å². The molecule has 1 unspecified atom stereocenters. The first-order valence-electron chi connectivity index (χ1n) is 6.29. The molecule has 0 aliphatic heterocycles. The molecule has 1 atom stereocenters. The first kappa shape index (κ1) is 12.5. The van der Waals surface area contributed by atoms with Crippen molar-refractivity contribution in [2.45, 2.75) is 45.1 Å². The molecule has 1 aromatic rings. The molecule has 0 aromatic heterocycles. The van der Waals surface area contributed by atoms with E-state index in [1.165, 1.54) is 25.7 Å². The van der Waals surface area contributed by atoms with Crippen LogP contribution in [-0.2, 0) is 0 Å². The van der Waals surface area contributed by atoms with Gasteiger partial charge in [-0.2, -0.15) is 0 Å². The third-order valence-electron chi connectivity index (χ3n) is 3.74. The summed E-state index contributed by atoms with van der Waals surface area (Å²) in [4.78, 5) is 0. The molecule has 1 saturated carbocycles. The molecule has 94 valence electrons. The van der Waals surface area contributed by atoms with Gasteiger partial charge in [0.05, 0.1) is 0 Å². The molecule has 3 heteroatoms. The molecule has 1 aliphatic carbocycles. The number of hydrogen-bond acceptors (Lipinski definition) is 1. The highest BCUT2D eigenvalue weighted by atomic mass is 19.1. The molecule has 0 saturated heterocycles. The lowest BCUT2D eigenvalue weighted by molar-refractivity contribution is 0.438. The van der Waals surface area contributed by atoms with Crippen LogP contribution in [0, 0.1) is 24.5 Å². The van der Waals surface area contributed by atoms with Gasteiger partial charge in [0.25, 0.3) is 0 Å². The van der Waals surface area contributed by atoms with Crippen LogP contribution in [0.25, 0.3) is 0 Å². The molecule has 2 rings (SSSR count). The number of halogens is 2. The van der Waals surface area contributed by atoms with E-state index in [1.54, 1.807) is 13.0 Å². The fraction of sp³-hybridized carbons (Fsp3) is 0.571. The van der Waals surface area contributed by atoms with Crippen molar-refractivity contribution < 1.29 is 8.78 Å². The van der Waals surface area contributed by atoms with E-state index in [1.807, 2.05) is 0 Å². The third-order valence-corrected chi connectivity index (χ3v) is 3.74. The summed E-state index contributed by atoms with van der Waals surface area (Å²) in [7, 11) is 0. The van der Waals surface area contributed by atoms with E-state index in [-0.39, 0.29) is 6.04 Å². The summed E-state index contributed by atoms with van der Waals surface area (Å²) in [6, 6.07) is 2.18. The zero-order valence-electron chi connectivity index (χ0n) is 10.2. The van der Waals surface area contributed by atoms with Crippen LogP contribution in [-0.4, -0.2) is 0 Å². The minimum atomic E-state index is -0.515. The van der Waals surface area contributed by atoms with E-state index < -0.39 is 11.6 Å². The molecule has 1 aliphatic rings. The molecule has 0 bridgehead atoms. The lowest BCUT2D eigenvalue weighted by atomic mass is 9.93. The lowest BCUT2D eigenvalue weighted by Crippen LogP contribution is -2.16. The maximum Gasteiger partial charge on any atom is 0.130 e. The van der Waals surface area contributed by atoms with Gasteiger partial charge in [-0.1, -0.05) is 25.7 Å². The van der Waals surface area contributed by atoms with Gasteiger partial charge in [0, 0.05) is 17.7 Å². The Labute approximate surface area is 101 Å². The average molecular weight is 239 g/mol. The third kappa shape index (κ3) is 2.83. The lowest BCUT2D eigenvalue weighted by Gasteiger charge is -2.18. The van der Waals surface area contributed by atoms with Gasteiger partial charge in [-0.05, 0) is 30.9 Å². The Morgan fingerprint density at radius 3 is 2.53 bits per heavy atom. The minimum absolute atomic E-state index is 0.308. The van der Waals surface area contributed by atoms with Gasteiger partial charge in [0.15, 0.2) is 0 Å². The Kier molecular flexibility index (Phi) is 3.77. The molecule has 0 spiro atoms. The highest BCUT2D eigenvalue weighted by molar-refractivity contribution is 5.28. The molecular weight excluding hydrogens is 220 g/mol. The van der Waals surface area contributed by atoms with Gasteiger partial charge < -0.3 is 5.73 Å². The SMILES string of the molecule is Cc1cc(C(N)CC2CCCC2)c(F)cc1F. The van der Waals surface area contributed by atoms with Crippen molar-refractivity contribution >= 4 is 0 Å². The van der Waals surface area contributed by atoms with E-state index in [2.05, 4.69) is 0 Å². The predicted octanol–water partition coefficient (Wildman–Crippen LogP) is 3.85. The van der Waals surface area contributed by atoms with Crippen LogP contribution >= 0.6 is 0 Å². The Hall–Kier alpha value is -0.960. The molecular formula is C14H19F2N. The monoisotopic (exact) mass is 239 g/mol. The zero-order chi connectivity index (χ0) is 12.4. The first-order valence-corrected chi connectivity index (χ1v) is 6.29. The Bertz CT molecular complexity index is 397. The smallest absolute Gasteiger partial charge is 0.130 e. The van der Waals surface area contributed by atoms with Crippen LogP contribution in [0.5, 0.6) is 0 Å². The van der Waals surface area contributed by atoms with E-state index in [4.69, 9.17) is 5.73 Å². The van der Waals surface area contributed by atoms with Gasteiger partial charge in [0.2, 0.25) is 0 Å². The second-order valence-corrected chi connectivity index (χ2v) is 5.12. The van der Waals surface area contributed by atoms with Crippen molar-refractivity contribution in [2.24, 2.45) is 11.7 Å². The van der Waals surface area contributed by atoms with Gasteiger partial charge >= 0.3 is 0 Å². The number of hydrogen-bond donors (Lipinski definition) is 1. The molecule has 0 amide bonds. The highest BCUT2D eigenvalue weighted by Gasteiger charge is 2.21. The summed E-state index contributed by atoms with van der Waals surface area (Å²) < 4.78 is 26.8. The number of rotatable bonds is 3.